The zero-order valence-corrected chi connectivity index (χ0v) is 17.2. The first-order valence-corrected chi connectivity index (χ1v) is 10.4. The Morgan fingerprint density at radius 3 is 2.79 bits per heavy atom. The SMILES string of the molecule is CSc1nnnn1-c1cccc(NC(=O)Cc2c(C)nc3ccccc3c2C)c1. The minimum absolute atomic E-state index is 0.0905. The molecule has 4 aromatic rings. The normalized spacial score (nSPS) is 11.0. The second-order valence-corrected chi connectivity index (χ2v) is 7.44. The van der Waals surface area contributed by atoms with E-state index in [0.717, 1.165) is 33.4 Å². The van der Waals surface area contributed by atoms with Crippen molar-refractivity contribution in [2.24, 2.45) is 0 Å². The fraction of sp³-hybridized carbons (Fsp3) is 0.190. The molecular weight excluding hydrogens is 384 g/mol. The molecule has 146 valence electrons. The molecule has 7 nitrogen and oxygen atoms in total. The summed E-state index contributed by atoms with van der Waals surface area (Å²) in [5.74, 6) is -0.0905. The van der Waals surface area contributed by atoms with Gasteiger partial charge in [0.15, 0.2) is 0 Å². The summed E-state index contributed by atoms with van der Waals surface area (Å²) in [6.45, 7) is 3.99. The maximum Gasteiger partial charge on any atom is 0.228 e. The number of nitrogens with one attached hydrogen (secondary N) is 1. The molecule has 2 aromatic carbocycles. The number of carbonyl (C=O) groups excluding carboxylic acids is 1. The highest BCUT2D eigenvalue weighted by molar-refractivity contribution is 7.98. The van der Waals surface area contributed by atoms with Gasteiger partial charge in [0.05, 0.1) is 17.6 Å². The number of rotatable bonds is 5. The lowest BCUT2D eigenvalue weighted by molar-refractivity contribution is -0.115. The number of aromatic nitrogens is 5. The molecule has 0 spiro atoms. The fourth-order valence-electron chi connectivity index (χ4n) is 3.38. The topological polar surface area (TPSA) is 85.6 Å². The summed E-state index contributed by atoms with van der Waals surface area (Å²) >= 11 is 1.46. The number of tetrazole rings is 1. The van der Waals surface area contributed by atoms with Gasteiger partial charge in [-0.1, -0.05) is 36.0 Å². The Balaban J connectivity index is 1.57. The van der Waals surface area contributed by atoms with Crippen LogP contribution in [0.15, 0.2) is 53.7 Å². The smallest absolute Gasteiger partial charge is 0.228 e. The average molecular weight is 404 g/mol. The number of para-hydroxylation sites is 1. The third kappa shape index (κ3) is 3.84. The van der Waals surface area contributed by atoms with Gasteiger partial charge in [-0.2, -0.15) is 4.68 Å². The lowest BCUT2D eigenvalue weighted by Gasteiger charge is -2.13. The van der Waals surface area contributed by atoms with Crippen LogP contribution in [0.1, 0.15) is 16.8 Å². The number of amides is 1. The second kappa shape index (κ2) is 8.00. The number of nitrogens with zero attached hydrogens (tertiary/aromatic N) is 5. The molecule has 0 saturated carbocycles. The third-order valence-electron chi connectivity index (χ3n) is 4.82. The minimum atomic E-state index is -0.0905. The van der Waals surface area contributed by atoms with Crippen LogP contribution in [0.2, 0.25) is 0 Å². The standard InChI is InChI=1S/C21H20N6OS/c1-13-17-9-4-5-10-19(17)22-14(2)18(13)12-20(28)23-15-7-6-8-16(11-15)27-21(29-3)24-25-26-27/h4-11H,12H2,1-3H3,(H,23,28). The van der Waals surface area contributed by atoms with Crippen molar-refractivity contribution in [1.82, 2.24) is 25.2 Å². The zero-order valence-electron chi connectivity index (χ0n) is 16.4. The summed E-state index contributed by atoms with van der Waals surface area (Å²) in [6, 6.07) is 15.5. The number of benzene rings is 2. The van der Waals surface area contributed by atoms with E-state index in [1.165, 1.54) is 11.8 Å². The largest absolute Gasteiger partial charge is 0.326 e. The van der Waals surface area contributed by atoms with Crippen molar-refractivity contribution < 1.29 is 4.79 Å². The first-order valence-electron chi connectivity index (χ1n) is 9.14. The predicted molar refractivity (Wildman–Crippen MR) is 114 cm³/mol. The molecule has 0 radical (unpaired) electrons. The van der Waals surface area contributed by atoms with Crippen molar-refractivity contribution in [3.8, 4) is 5.69 Å². The molecule has 2 aromatic heterocycles. The van der Waals surface area contributed by atoms with Crippen LogP contribution >= 0.6 is 11.8 Å². The van der Waals surface area contributed by atoms with Gasteiger partial charge in [0.25, 0.3) is 0 Å². The molecule has 0 aliphatic heterocycles. The summed E-state index contributed by atoms with van der Waals surface area (Å²) < 4.78 is 1.64. The molecule has 0 unspecified atom stereocenters. The summed E-state index contributed by atoms with van der Waals surface area (Å²) in [5, 5.41) is 16.4. The van der Waals surface area contributed by atoms with Crippen LogP contribution in [0.5, 0.6) is 0 Å². The monoisotopic (exact) mass is 404 g/mol. The number of fused-ring (bicyclic) bond motifs is 1. The van der Waals surface area contributed by atoms with E-state index in [9.17, 15) is 4.79 Å². The summed E-state index contributed by atoms with van der Waals surface area (Å²) in [5.41, 5.74) is 5.36. The molecule has 0 aliphatic rings. The Morgan fingerprint density at radius 1 is 1.14 bits per heavy atom. The fourth-order valence-corrected chi connectivity index (χ4v) is 3.81. The highest BCUT2D eigenvalue weighted by Gasteiger charge is 2.14. The predicted octanol–water partition coefficient (Wildman–Crippen LogP) is 3.73. The zero-order chi connectivity index (χ0) is 20.4. The number of hydrogen-bond donors (Lipinski definition) is 1. The van der Waals surface area contributed by atoms with Gasteiger partial charge < -0.3 is 5.32 Å². The van der Waals surface area contributed by atoms with E-state index in [4.69, 9.17) is 0 Å². The van der Waals surface area contributed by atoms with Crippen LogP contribution in [0.4, 0.5) is 5.69 Å². The number of carbonyl (C=O) groups is 1. The molecule has 29 heavy (non-hydrogen) atoms. The number of thioether (sulfide) groups is 1. The highest BCUT2D eigenvalue weighted by atomic mass is 32.2. The van der Waals surface area contributed by atoms with Gasteiger partial charge in [-0.3, -0.25) is 9.78 Å². The summed E-state index contributed by atoms with van der Waals surface area (Å²) in [7, 11) is 0. The Bertz CT molecular complexity index is 1200. The molecule has 4 rings (SSSR count). The summed E-state index contributed by atoms with van der Waals surface area (Å²) in [4.78, 5) is 17.4. The van der Waals surface area contributed by atoms with E-state index >= 15 is 0 Å². The molecule has 0 aliphatic carbocycles. The maximum atomic E-state index is 12.8. The maximum absolute atomic E-state index is 12.8. The first-order chi connectivity index (χ1) is 14.1. The number of aryl methyl sites for hydroxylation is 2. The van der Waals surface area contributed by atoms with E-state index in [2.05, 4.69) is 25.8 Å². The number of anilines is 1. The van der Waals surface area contributed by atoms with Crippen LogP contribution in [-0.4, -0.2) is 37.4 Å². The third-order valence-corrected chi connectivity index (χ3v) is 5.44. The molecule has 0 saturated heterocycles. The van der Waals surface area contributed by atoms with Crippen LogP contribution in [0, 0.1) is 13.8 Å². The molecule has 0 fully saturated rings. The molecule has 1 N–H and O–H groups in total. The minimum Gasteiger partial charge on any atom is -0.326 e. The molecule has 0 bridgehead atoms. The summed E-state index contributed by atoms with van der Waals surface area (Å²) in [6.07, 6.45) is 2.18. The van der Waals surface area contributed by atoms with Crippen molar-refractivity contribution >= 4 is 34.3 Å². The van der Waals surface area contributed by atoms with E-state index in [1.54, 1.807) is 4.68 Å². The molecule has 8 heteroatoms. The van der Waals surface area contributed by atoms with Crippen LogP contribution in [-0.2, 0) is 11.2 Å². The van der Waals surface area contributed by atoms with E-state index < -0.39 is 0 Å². The molecule has 0 atom stereocenters. The van der Waals surface area contributed by atoms with Crippen molar-refractivity contribution in [1.29, 1.82) is 0 Å². The van der Waals surface area contributed by atoms with Gasteiger partial charge in [-0.05, 0) is 65.9 Å². The van der Waals surface area contributed by atoms with Crippen molar-refractivity contribution in [2.75, 3.05) is 11.6 Å². The Morgan fingerprint density at radius 2 is 1.97 bits per heavy atom. The van der Waals surface area contributed by atoms with Gasteiger partial charge in [0.2, 0.25) is 11.1 Å². The van der Waals surface area contributed by atoms with Crippen molar-refractivity contribution in [2.45, 2.75) is 25.4 Å². The van der Waals surface area contributed by atoms with E-state index in [-0.39, 0.29) is 12.3 Å². The van der Waals surface area contributed by atoms with E-state index in [1.807, 2.05) is 68.6 Å². The first kappa shape index (κ1) is 19.1. The van der Waals surface area contributed by atoms with Crippen LogP contribution in [0.3, 0.4) is 0 Å². The lowest BCUT2D eigenvalue weighted by atomic mass is 9.99. The second-order valence-electron chi connectivity index (χ2n) is 6.67. The Labute approximate surface area is 172 Å². The Hall–Kier alpha value is -3.26. The van der Waals surface area contributed by atoms with Crippen LogP contribution < -0.4 is 5.32 Å². The van der Waals surface area contributed by atoms with Crippen molar-refractivity contribution in [3.63, 3.8) is 0 Å². The van der Waals surface area contributed by atoms with Gasteiger partial charge in [-0.25, -0.2) is 0 Å². The quantitative estimate of drug-likeness (QED) is 0.510. The van der Waals surface area contributed by atoms with E-state index in [0.29, 0.717) is 10.8 Å². The van der Waals surface area contributed by atoms with Crippen molar-refractivity contribution in [3.05, 3.63) is 65.4 Å². The highest BCUT2D eigenvalue weighted by Crippen LogP contribution is 2.24. The number of hydrogen-bond acceptors (Lipinski definition) is 6. The average Bonchev–Trinajstić information content (AvgIpc) is 3.20. The van der Waals surface area contributed by atoms with Gasteiger partial charge in [0, 0.05) is 16.8 Å². The number of pyridine rings is 1. The van der Waals surface area contributed by atoms with Gasteiger partial charge in [-0.15, -0.1) is 5.10 Å². The lowest BCUT2D eigenvalue weighted by Crippen LogP contribution is -2.16. The van der Waals surface area contributed by atoms with Gasteiger partial charge >= 0.3 is 0 Å². The van der Waals surface area contributed by atoms with Gasteiger partial charge in [0.1, 0.15) is 0 Å². The molecule has 1 amide bonds. The Kier molecular flexibility index (Phi) is 5.26. The molecule has 2 heterocycles. The van der Waals surface area contributed by atoms with Crippen LogP contribution in [0.25, 0.3) is 16.6 Å². The molecular formula is C21H20N6OS.